The van der Waals surface area contributed by atoms with Crippen LogP contribution in [0.15, 0.2) is 35.1 Å². The van der Waals surface area contributed by atoms with Crippen molar-refractivity contribution in [2.24, 2.45) is 0 Å². The van der Waals surface area contributed by atoms with E-state index in [2.05, 4.69) is 20.4 Å². The van der Waals surface area contributed by atoms with Crippen molar-refractivity contribution in [1.29, 1.82) is 0 Å². The number of rotatable bonds is 14. The highest BCUT2D eigenvalue weighted by atomic mass is 32.2. The van der Waals surface area contributed by atoms with Gasteiger partial charge < -0.3 is 19.9 Å². The molecule has 3 fully saturated rings. The predicted octanol–water partition coefficient (Wildman–Crippen LogP) is 1.03. The molecule has 0 radical (unpaired) electrons. The fourth-order valence-electron chi connectivity index (χ4n) is 7.66. The Hall–Kier alpha value is -2.88. The molecule has 4 heterocycles. The molecule has 2 bridgehead atoms. The van der Waals surface area contributed by atoms with Crippen LogP contribution in [-0.4, -0.2) is 138 Å². The highest BCUT2D eigenvalue weighted by Gasteiger charge is 2.42. The lowest BCUT2D eigenvalue weighted by atomic mass is 9.96. The fraction of sp³-hybridized carbons (Fsp3) is 0.676. The molecule has 3 saturated heterocycles. The van der Waals surface area contributed by atoms with Gasteiger partial charge >= 0.3 is 0 Å². The molecule has 266 valence electrons. The molecule has 4 unspecified atom stereocenters. The number of sulfonamides is 1. The van der Waals surface area contributed by atoms with E-state index < -0.39 is 16.1 Å². The maximum absolute atomic E-state index is 13.5. The zero-order chi connectivity index (χ0) is 34.7. The summed E-state index contributed by atoms with van der Waals surface area (Å²) in [5.41, 5.74) is 0.696. The lowest BCUT2D eigenvalue weighted by Gasteiger charge is -2.40. The molecular weight excluding hydrogens is 634 g/mol. The molecule has 4 atom stereocenters. The summed E-state index contributed by atoms with van der Waals surface area (Å²) >= 11 is 0. The van der Waals surface area contributed by atoms with Crippen LogP contribution in [0.4, 0.5) is 0 Å². The Balaban J connectivity index is 1.11. The number of para-hydroxylation sites is 1. The Bertz CT molecular complexity index is 1620. The predicted molar refractivity (Wildman–Crippen MR) is 186 cm³/mol. The summed E-state index contributed by atoms with van der Waals surface area (Å²) in [7, 11) is -0.267. The molecule has 0 aliphatic carbocycles. The van der Waals surface area contributed by atoms with Crippen molar-refractivity contribution in [3.05, 3.63) is 46.2 Å². The minimum absolute atomic E-state index is 0.0581. The van der Waals surface area contributed by atoms with Crippen LogP contribution in [0, 0.1) is 0 Å². The molecule has 3 N–H and O–H groups in total. The molecule has 0 saturated carbocycles. The number of aliphatic hydroxyl groups is 1. The van der Waals surface area contributed by atoms with E-state index in [0.717, 1.165) is 49.6 Å². The molecule has 5 rings (SSSR count). The average Bonchev–Trinajstić information content (AvgIpc) is 3.57. The molecule has 3 aliphatic heterocycles. The number of nitrogens with one attached hydrogen (secondary N) is 2. The lowest BCUT2D eigenvalue weighted by molar-refractivity contribution is -0.130. The third-order valence-electron chi connectivity index (χ3n) is 10.3. The minimum atomic E-state index is -3.31. The number of hydrogen-bond donors (Lipinski definition) is 3. The third kappa shape index (κ3) is 8.45. The quantitative estimate of drug-likeness (QED) is 0.265. The maximum Gasteiger partial charge on any atom is 0.264 e. The number of piperidine rings is 1. The van der Waals surface area contributed by atoms with Crippen LogP contribution < -0.4 is 16.2 Å². The molecule has 1 aromatic carbocycles. The van der Waals surface area contributed by atoms with E-state index in [1.807, 2.05) is 38.1 Å². The van der Waals surface area contributed by atoms with E-state index in [1.165, 1.54) is 25.3 Å². The normalized spacial score (nSPS) is 24.1. The minimum Gasteiger partial charge on any atom is -0.390 e. The number of aromatic nitrogens is 1. The number of amides is 2. The monoisotopic (exact) mass is 687 g/mol. The van der Waals surface area contributed by atoms with Gasteiger partial charge in [-0.3, -0.25) is 29.5 Å². The van der Waals surface area contributed by atoms with E-state index in [9.17, 15) is 27.9 Å². The molecule has 14 heteroatoms. The van der Waals surface area contributed by atoms with Gasteiger partial charge in [-0.2, -0.15) is 0 Å². The Morgan fingerprint density at radius 2 is 1.75 bits per heavy atom. The van der Waals surface area contributed by atoms with Gasteiger partial charge in [0.25, 0.3) is 11.5 Å². The van der Waals surface area contributed by atoms with Gasteiger partial charge in [-0.25, -0.2) is 12.7 Å². The van der Waals surface area contributed by atoms with Crippen LogP contribution >= 0.6 is 0 Å². The highest BCUT2D eigenvalue weighted by molar-refractivity contribution is 7.89. The van der Waals surface area contributed by atoms with E-state index in [1.54, 1.807) is 15.5 Å². The van der Waals surface area contributed by atoms with Gasteiger partial charge in [0, 0.05) is 84.0 Å². The SMILES string of the molecule is CC(=O)N(CCN1CCC(NCS(=O)(=O)N(C)C)C1)CC(O)CN1C2CCC1CC(NC(=O)c1cc3ccccc3n(C(C)C)c1=O)C2. The van der Waals surface area contributed by atoms with Gasteiger partial charge in [0.2, 0.25) is 15.9 Å². The zero-order valence-electron chi connectivity index (χ0n) is 29.0. The summed E-state index contributed by atoms with van der Waals surface area (Å²) < 4.78 is 27.1. The summed E-state index contributed by atoms with van der Waals surface area (Å²) in [6.07, 6.45) is 3.59. The molecule has 2 aromatic rings. The zero-order valence-corrected chi connectivity index (χ0v) is 29.8. The van der Waals surface area contributed by atoms with E-state index in [0.29, 0.717) is 26.2 Å². The number of likely N-dealkylation sites (tertiary alicyclic amines) is 1. The van der Waals surface area contributed by atoms with Gasteiger partial charge in [0.15, 0.2) is 0 Å². The summed E-state index contributed by atoms with van der Waals surface area (Å²) in [5, 5.41) is 18.3. The molecule has 48 heavy (non-hydrogen) atoms. The van der Waals surface area contributed by atoms with Crippen LogP contribution in [-0.2, 0) is 14.8 Å². The number of pyridine rings is 1. The third-order valence-corrected chi connectivity index (χ3v) is 11.9. The van der Waals surface area contributed by atoms with Crippen molar-refractivity contribution >= 4 is 32.7 Å². The van der Waals surface area contributed by atoms with Gasteiger partial charge in [0.05, 0.1) is 11.6 Å². The van der Waals surface area contributed by atoms with Crippen molar-refractivity contribution in [3.63, 3.8) is 0 Å². The number of aliphatic hydroxyl groups excluding tert-OH is 1. The van der Waals surface area contributed by atoms with Crippen LogP contribution in [0.2, 0.25) is 0 Å². The number of hydrogen-bond acceptors (Lipinski definition) is 9. The first-order valence-electron chi connectivity index (χ1n) is 17.2. The summed E-state index contributed by atoms with van der Waals surface area (Å²) in [6, 6.07) is 9.68. The Labute approximate surface area is 284 Å². The number of fused-ring (bicyclic) bond motifs is 3. The summed E-state index contributed by atoms with van der Waals surface area (Å²) in [4.78, 5) is 45.6. The highest BCUT2D eigenvalue weighted by Crippen LogP contribution is 2.36. The molecule has 0 spiro atoms. The largest absolute Gasteiger partial charge is 0.390 e. The topological polar surface area (TPSA) is 148 Å². The van der Waals surface area contributed by atoms with Crippen LogP contribution in [0.3, 0.4) is 0 Å². The van der Waals surface area contributed by atoms with E-state index >= 15 is 0 Å². The van der Waals surface area contributed by atoms with Gasteiger partial charge in [-0.1, -0.05) is 18.2 Å². The summed E-state index contributed by atoms with van der Waals surface area (Å²) in [5.74, 6) is -0.525. The molecule has 1 aromatic heterocycles. The van der Waals surface area contributed by atoms with Crippen LogP contribution in [0.25, 0.3) is 10.9 Å². The van der Waals surface area contributed by atoms with E-state index in [-0.39, 0.29) is 65.6 Å². The second-order valence-corrected chi connectivity index (χ2v) is 16.4. The lowest BCUT2D eigenvalue weighted by Crippen LogP contribution is -2.54. The van der Waals surface area contributed by atoms with Gasteiger partial charge in [-0.05, 0) is 70.0 Å². The maximum atomic E-state index is 13.5. The first-order valence-corrected chi connectivity index (χ1v) is 18.8. The fourth-order valence-corrected chi connectivity index (χ4v) is 8.37. The Kier molecular flexibility index (Phi) is 11.6. The van der Waals surface area contributed by atoms with Crippen molar-refractivity contribution in [3.8, 4) is 0 Å². The molecule has 3 aliphatic rings. The second kappa shape index (κ2) is 15.3. The average molecular weight is 688 g/mol. The van der Waals surface area contributed by atoms with Crippen molar-refractivity contribution in [2.75, 3.05) is 59.2 Å². The molecular formula is C34H53N7O6S. The molecule has 2 amide bonds. The van der Waals surface area contributed by atoms with Gasteiger partial charge in [0.1, 0.15) is 11.4 Å². The first kappa shape index (κ1) is 36.4. The smallest absolute Gasteiger partial charge is 0.264 e. The number of nitrogens with zero attached hydrogens (tertiary/aromatic N) is 5. The number of benzene rings is 1. The van der Waals surface area contributed by atoms with Crippen molar-refractivity contribution < 1.29 is 23.1 Å². The first-order chi connectivity index (χ1) is 22.7. The summed E-state index contributed by atoms with van der Waals surface area (Å²) in [6.45, 7) is 8.78. The number of carbonyl (C=O) groups is 2. The van der Waals surface area contributed by atoms with Crippen molar-refractivity contribution in [1.82, 2.24) is 34.2 Å². The van der Waals surface area contributed by atoms with Crippen LogP contribution in [0.1, 0.15) is 69.3 Å². The van der Waals surface area contributed by atoms with Crippen molar-refractivity contribution in [2.45, 2.75) is 89.2 Å². The molecule has 13 nitrogen and oxygen atoms in total. The van der Waals surface area contributed by atoms with E-state index in [4.69, 9.17) is 0 Å². The Morgan fingerprint density at radius 1 is 1.06 bits per heavy atom. The Morgan fingerprint density at radius 3 is 2.40 bits per heavy atom. The van der Waals surface area contributed by atoms with Crippen LogP contribution in [0.5, 0.6) is 0 Å². The van der Waals surface area contributed by atoms with Gasteiger partial charge in [-0.15, -0.1) is 0 Å². The number of carbonyl (C=O) groups excluding carboxylic acids is 2. The second-order valence-electron chi connectivity index (χ2n) is 14.3. The standard InChI is InChI=1S/C34H53N7O6S/c1-23(2)41-32-9-7-6-8-25(32)16-31(34(41)45)33(44)36-27-17-28-10-11-29(18-27)40(28)21-30(43)20-39(24(3)42)15-14-38-13-12-26(19-38)35-22-48(46,47)37(4)5/h6-9,16,23,26-30,35,43H,10-15,17-22H2,1-5H3,(H,36,44).